The SMILES string of the molecule is CN1C[C@@H]2C[C@H]1C(=O)NC[C@H]1O[C@H](CCOc3cc(-c4ccncc4)ccc3C(=O)N2)CC[C@@H]1O. The maximum atomic E-state index is 13.3. The molecule has 2 amide bonds. The van der Waals surface area contributed by atoms with Crippen molar-refractivity contribution in [2.24, 2.45) is 0 Å². The van der Waals surface area contributed by atoms with Crippen molar-refractivity contribution >= 4 is 11.8 Å². The number of aliphatic hydroxyl groups excluding tert-OH is 1. The van der Waals surface area contributed by atoms with Crippen LogP contribution in [0.3, 0.4) is 0 Å². The van der Waals surface area contributed by atoms with Gasteiger partial charge in [-0.2, -0.15) is 0 Å². The summed E-state index contributed by atoms with van der Waals surface area (Å²) in [7, 11) is 1.88. The first-order valence-electron chi connectivity index (χ1n) is 12.3. The average Bonchev–Trinajstić information content (AvgIpc) is 3.23. The Morgan fingerprint density at radius 3 is 2.74 bits per heavy atom. The lowest BCUT2D eigenvalue weighted by atomic mass is 9.99. The predicted molar refractivity (Wildman–Crippen MR) is 129 cm³/mol. The molecule has 0 spiro atoms. The van der Waals surface area contributed by atoms with Crippen molar-refractivity contribution in [3.05, 3.63) is 48.3 Å². The minimum atomic E-state index is -0.608. The van der Waals surface area contributed by atoms with Gasteiger partial charge in [0.2, 0.25) is 5.91 Å². The van der Waals surface area contributed by atoms with Crippen LogP contribution in [0, 0.1) is 0 Å². The van der Waals surface area contributed by atoms with Gasteiger partial charge < -0.3 is 25.2 Å². The van der Waals surface area contributed by atoms with Crippen molar-refractivity contribution in [2.75, 3.05) is 26.7 Å². The molecule has 9 heteroatoms. The van der Waals surface area contributed by atoms with Crippen molar-refractivity contribution < 1.29 is 24.2 Å². The smallest absolute Gasteiger partial charge is 0.255 e. The van der Waals surface area contributed by atoms with Crippen molar-refractivity contribution in [1.29, 1.82) is 0 Å². The second kappa shape index (κ2) is 10.3. The molecule has 0 radical (unpaired) electrons. The number of carbonyl (C=O) groups is 2. The van der Waals surface area contributed by atoms with E-state index in [0.29, 0.717) is 50.1 Å². The molecule has 5 atom stereocenters. The number of likely N-dealkylation sites (N-methyl/N-ethyl adjacent to an activating group) is 1. The number of aromatic nitrogens is 1. The Morgan fingerprint density at radius 1 is 1.09 bits per heavy atom. The third kappa shape index (κ3) is 5.32. The van der Waals surface area contributed by atoms with E-state index < -0.39 is 12.2 Å². The highest BCUT2D eigenvalue weighted by molar-refractivity contribution is 5.98. The fourth-order valence-electron chi connectivity index (χ4n) is 5.19. The van der Waals surface area contributed by atoms with Gasteiger partial charge in [-0.1, -0.05) is 6.07 Å². The minimum Gasteiger partial charge on any atom is -0.493 e. The van der Waals surface area contributed by atoms with Crippen molar-refractivity contribution in [3.63, 3.8) is 0 Å². The first-order valence-corrected chi connectivity index (χ1v) is 12.3. The summed E-state index contributed by atoms with van der Waals surface area (Å²) < 4.78 is 12.3. The molecular formula is C26H32N4O5. The highest BCUT2D eigenvalue weighted by Gasteiger charge is 2.37. The molecule has 1 aromatic carbocycles. The molecule has 4 heterocycles. The molecule has 0 aliphatic carbocycles. The van der Waals surface area contributed by atoms with Crippen LogP contribution < -0.4 is 15.4 Å². The second-order valence-electron chi connectivity index (χ2n) is 9.63. The summed E-state index contributed by atoms with van der Waals surface area (Å²) in [5.74, 6) is 0.182. The lowest BCUT2D eigenvalue weighted by molar-refractivity contribution is -0.133. The standard InChI is InChI=1S/C26H32N4O5/c1-30-15-18-13-21(30)26(33)28-14-24-22(31)5-3-19(35-24)8-11-34-23-12-17(16-6-9-27-10-7-16)2-4-20(23)25(32)29-18/h2,4,6-7,9-10,12,18-19,21-22,24,31H,3,5,8,11,13-15H2,1H3,(H,28,33)(H,29,32)/t18-,19-,21-,22-,24+/m0/s1. The number of likely N-dealkylation sites (tertiary alicyclic amines) is 1. The number of benzene rings is 1. The number of rotatable bonds is 1. The Balaban J connectivity index is 1.43. The highest BCUT2D eigenvalue weighted by Crippen LogP contribution is 2.29. The molecule has 2 aromatic rings. The maximum Gasteiger partial charge on any atom is 0.255 e. The topological polar surface area (TPSA) is 113 Å². The van der Waals surface area contributed by atoms with Crippen LogP contribution in [0.2, 0.25) is 0 Å². The largest absolute Gasteiger partial charge is 0.493 e. The molecule has 4 bridgehead atoms. The van der Waals surface area contributed by atoms with Gasteiger partial charge in [-0.25, -0.2) is 0 Å². The zero-order valence-electron chi connectivity index (χ0n) is 19.9. The number of pyridine rings is 1. The minimum absolute atomic E-state index is 0.0904. The van der Waals surface area contributed by atoms with E-state index in [9.17, 15) is 14.7 Å². The quantitative estimate of drug-likeness (QED) is 0.565. The number of nitrogens with zero attached hydrogens (tertiary/aromatic N) is 2. The average molecular weight is 481 g/mol. The lowest BCUT2D eigenvalue weighted by Crippen LogP contribution is -2.49. The Hall–Kier alpha value is -3.01. The Kier molecular flexibility index (Phi) is 6.99. The summed E-state index contributed by atoms with van der Waals surface area (Å²) >= 11 is 0. The van der Waals surface area contributed by atoms with Gasteiger partial charge in [0, 0.05) is 37.9 Å². The summed E-state index contributed by atoms with van der Waals surface area (Å²) in [6, 6.07) is 8.90. The van der Waals surface area contributed by atoms with Crippen LogP contribution >= 0.6 is 0 Å². The normalized spacial score (nSPS) is 30.1. The first-order chi connectivity index (χ1) is 17.0. The summed E-state index contributed by atoms with van der Waals surface area (Å²) in [4.78, 5) is 32.2. The predicted octanol–water partition coefficient (Wildman–Crippen LogP) is 1.36. The van der Waals surface area contributed by atoms with Crippen LogP contribution in [0.25, 0.3) is 11.1 Å². The lowest BCUT2D eigenvalue weighted by Gasteiger charge is -2.34. The van der Waals surface area contributed by atoms with Crippen LogP contribution in [0.5, 0.6) is 5.75 Å². The van der Waals surface area contributed by atoms with Gasteiger partial charge >= 0.3 is 0 Å². The van der Waals surface area contributed by atoms with Crippen LogP contribution in [0.15, 0.2) is 42.7 Å². The molecule has 1 aromatic heterocycles. The van der Waals surface area contributed by atoms with E-state index in [1.807, 2.05) is 36.2 Å². The monoisotopic (exact) mass is 480 g/mol. The number of hydrogen-bond acceptors (Lipinski definition) is 7. The molecule has 2 saturated heterocycles. The molecule has 3 aliphatic rings. The van der Waals surface area contributed by atoms with Gasteiger partial charge in [0.15, 0.2) is 0 Å². The second-order valence-corrected chi connectivity index (χ2v) is 9.63. The van der Waals surface area contributed by atoms with E-state index >= 15 is 0 Å². The fourth-order valence-corrected chi connectivity index (χ4v) is 5.19. The number of amides is 2. The molecule has 5 rings (SSSR count). The molecule has 0 saturated carbocycles. The Morgan fingerprint density at radius 2 is 1.91 bits per heavy atom. The molecule has 186 valence electrons. The van der Waals surface area contributed by atoms with Gasteiger partial charge in [0.1, 0.15) is 11.9 Å². The van der Waals surface area contributed by atoms with Crippen LogP contribution in [0.1, 0.15) is 36.0 Å². The molecule has 0 unspecified atom stereocenters. The zero-order chi connectivity index (χ0) is 24.4. The maximum absolute atomic E-state index is 13.3. The van der Waals surface area contributed by atoms with Crippen molar-refractivity contribution in [3.8, 4) is 16.9 Å². The van der Waals surface area contributed by atoms with E-state index in [4.69, 9.17) is 9.47 Å². The highest BCUT2D eigenvalue weighted by atomic mass is 16.5. The van der Waals surface area contributed by atoms with E-state index in [0.717, 1.165) is 11.1 Å². The van der Waals surface area contributed by atoms with Crippen LogP contribution in [0.4, 0.5) is 0 Å². The third-order valence-corrected chi connectivity index (χ3v) is 7.18. The van der Waals surface area contributed by atoms with Crippen molar-refractivity contribution in [2.45, 2.75) is 56.1 Å². The van der Waals surface area contributed by atoms with Gasteiger partial charge in [-0.05, 0) is 61.7 Å². The van der Waals surface area contributed by atoms with E-state index in [1.165, 1.54) is 0 Å². The molecule has 35 heavy (non-hydrogen) atoms. The molecule has 3 aliphatic heterocycles. The summed E-state index contributed by atoms with van der Waals surface area (Å²) in [5.41, 5.74) is 2.38. The number of fused-ring (bicyclic) bond motifs is 5. The zero-order valence-corrected chi connectivity index (χ0v) is 19.9. The summed E-state index contributed by atoms with van der Waals surface area (Å²) in [5, 5.41) is 16.4. The Bertz CT molecular complexity index is 1060. The number of ether oxygens (including phenoxy) is 2. The number of nitrogens with one attached hydrogen (secondary N) is 2. The van der Waals surface area contributed by atoms with E-state index in [-0.39, 0.29) is 36.5 Å². The van der Waals surface area contributed by atoms with E-state index in [1.54, 1.807) is 18.5 Å². The van der Waals surface area contributed by atoms with Gasteiger partial charge in [0.25, 0.3) is 5.91 Å². The number of carbonyl (C=O) groups excluding carboxylic acids is 2. The van der Waals surface area contributed by atoms with E-state index in [2.05, 4.69) is 15.6 Å². The third-order valence-electron chi connectivity index (χ3n) is 7.18. The number of aliphatic hydroxyl groups is 1. The summed E-state index contributed by atoms with van der Waals surface area (Å²) in [6.45, 7) is 1.20. The van der Waals surface area contributed by atoms with Crippen LogP contribution in [-0.4, -0.2) is 83.9 Å². The van der Waals surface area contributed by atoms with Gasteiger partial charge in [-0.15, -0.1) is 0 Å². The molecular weight excluding hydrogens is 448 g/mol. The van der Waals surface area contributed by atoms with Gasteiger partial charge in [-0.3, -0.25) is 19.5 Å². The van der Waals surface area contributed by atoms with Crippen LogP contribution in [-0.2, 0) is 9.53 Å². The van der Waals surface area contributed by atoms with Crippen molar-refractivity contribution in [1.82, 2.24) is 20.5 Å². The molecule has 3 N–H and O–H groups in total. The molecule has 9 nitrogen and oxygen atoms in total. The fraction of sp³-hybridized carbons (Fsp3) is 0.500. The summed E-state index contributed by atoms with van der Waals surface area (Å²) in [6.07, 6.45) is 4.77. The van der Waals surface area contributed by atoms with Gasteiger partial charge in [0.05, 0.1) is 30.4 Å². The number of hydrogen-bond donors (Lipinski definition) is 3. The first kappa shape index (κ1) is 23.7. The molecule has 2 fully saturated rings. The Labute approximate surface area is 204 Å².